The van der Waals surface area contributed by atoms with Gasteiger partial charge in [-0.05, 0) is 30.2 Å². The van der Waals surface area contributed by atoms with Crippen molar-refractivity contribution in [3.63, 3.8) is 0 Å². The highest BCUT2D eigenvalue weighted by molar-refractivity contribution is 5.87. The zero-order chi connectivity index (χ0) is 16.9. The predicted molar refractivity (Wildman–Crippen MR) is 103 cm³/mol. The van der Waals surface area contributed by atoms with Gasteiger partial charge in [0.15, 0.2) is 0 Å². The molecule has 0 aliphatic carbocycles. The van der Waals surface area contributed by atoms with Crippen molar-refractivity contribution < 1.29 is 0 Å². The molecular formula is C20H25N5. The number of hydrogen-bond acceptors (Lipinski definition) is 5. The monoisotopic (exact) mass is 335 g/mol. The molecule has 5 nitrogen and oxygen atoms in total. The molecule has 0 bridgehead atoms. The van der Waals surface area contributed by atoms with Gasteiger partial charge >= 0.3 is 0 Å². The first kappa shape index (κ1) is 16.1. The van der Waals surface area contributed by atoms with Crippen molar-refractivity contribution in [2.75, 3.05) is 44.2 Å². The summed E-state index contributed by atoms with van der Waals surface area (Å²) in [6.45, 7) is 6.30. The molecule has 1 saturated heterocycles. The van der Waals surface area contributed by atoms with Gasteiger partial charge in [0.05, 0.1) is 5.69 Å². The van der Waals surface area contributed by atoms with Crippen LogP contribution >= 0.6 is 0 Å². The summed E-state index contributed by atoms with van der Waals surface area (Å²) in [4.78, 5) is 14.1. The van der Waals surface area contributed by atoms with E-state index in [1.165, 1.54) is 5.56 Å². The maximum Gasteiger partial charge on any atom is 0.128 e. The van der Waals surface area contributed by atoms with Gasteiger partial charge in [0.1, 0.15) is 11.7 Å². The van der Waals surface area contributed by atoms with Crippen molar-refractivity contribution >= 4 is 17.3 Å². The van der Waals surface area contributed by atoms with Crippen LogP contribution in [0.4, 0.5) is 11.5 Å². The van der Waals surface area contributed by atoms with E-state index in [0.29, 0.717) is 0 Å². The maximum atomic E-state index is 4.75. The third kappa shape index (κ3) is 3.99. The second-order valence-corrected chi connectivity index (χ2v) is 6.63. The molecule has 1 N–H and O–H groups in total. The van der Waals surface area contributed by atoms with E-state index in [1.807, 2.05) is 12.3 Å². The van der Waals surface area contributed by atoms with E-state index in [4.69, 9.17) is 4.99 Å². The van der Waals surface area contributed by atoms with Crippen LogP contribution in [0.1, 0.15) is 12.0 Å². The molecule has 0 spiro atoms. The summed E-state index contributed by atoms with van der Waals surface area (Å²) < 4.78 is 0. The Hall–Kier alpha value is -2.40. The number of nitrogens with one attached hydrogen (secondary N) is 1. The number of benzene rings is 1. The summed E-state index contributed by atoms with van der Waals surface area (Å²) in [5.74, 6) is 2.22. The Bertz CT molecular complexity index is 720. The number of aromatic nitrogens is 1. The fourth-order valence-corrected chi connectivity index (χ4v) is 3.51. The second-order valence-electron chi connectivity index (χ2n) is 6.63. The van der Waals surface area contributed by atoms with Gasteiger partial charge in [0, 0.05) is 51.9 Å². The van der Waals surface area contributed by atoms with E-state index in [1.54, 1.807) is 0 Å². The van der Waals surface area contributed by atoms with Crippen LogP contribution in [0, 0.1) is 0 Å². The highest BCUT2D eigenvalue weighted by Crippen LogP contribution is 2.24. The molecule has 0 atom stereocenters. The number of amidine groups is 1. The van der Waals surface area contributed by atoms with Crippen LogP contribution in [0.3, 0.4) is 0 Å². The summed E-state index contributed by atoms with van der Waals surface area (Å²) in [5.41, 5.74) is 2.49. The third-order valence-electron chi connectivity index (χ3n) is 4.98. The van der Waals surface area contributed by atoms with Gasteiger partial charge in [-0.2, -0.15) is 0 Å². The summed E-state index contributed by atoms with van der Waals surface area (Å²) in [7, 11) is 0. The van der Waals surface area contributed by atoms with Gasteiger partial charge in [-0.25, -0.2) is 9.98 Å². The Kier molecular flexibility index (Phi) is 4.93. The second kappa shape index (κ2) is 7.66. The largest absolute Gasteiger partial charge is 0.372 e. The van der Waals surface area contributed by atoms with E-state index in [2.05, 4.69) is 56.5 Å². The van der Waals surface area contributed by atoms with Crippen molar-refractivity contribution in [3.05, 3.63) is 54.2 Å². The van der Waals surface area contributed by atoms with Gasteiger partial charge in [-0.15, -0.1) is 0 Å². The van der Waals surface area contributed by atoms with Crippen LogP contribution in [-0.4, -0.2) is 55.0 Å². The molecule has 1 fully saturated rings. The molecule has 25 heavy (non-hydrogen) atoms. The quantitative estimate of drug-likeness (QED) is 0.932. The molecule has 1 aromatic carbocycles. The smallest absolute Gasteiger partial charge is 0.128 e. The van der Waals surface area contributed by atoms with Gasteiger partial charge in [-0.1, -0.05) is 24.3 Å². The topological polar surface area (TPSA) is 43.8 Å². The fraction of sp³-hybridized carbons (Fsp3) is 0.400. The van der Waals surface area contributed by atoms with Crippen molar-refractivity contribution in [3.8, 4) is 0 Å². The molecule has 2 aliphatic rings. The van der Waals surface area contributed by atoms with Crippen LogP contribution in [0.2, 0.25) is 0 Å². The number of fused-ring (bicyclic) bond motifs is 1. The molecule has 0 unspecified atom stereocenters. The summed E-state index contributed by atoms with van der Waals surface area (Å²) in [5, 5.41) is 3.54. The highest BCUT2D eigenvalue weighted by Gasteiger charge is 2.17. The normalized spacial score (nSPS) is 17.8. The zero-order valence-electron chi connectivity index (χ0n) is 14.6. The Balaban J connectivity index is 1.22. The van der Waals surface area contributed by atoms with Crippen molar-refractivity contribution in [1.29, 1.82) is 0 Å². The summed E-state index contributed by atoms with van der Waals surface area (Å²) in [6.07, 6.45) is 3.98. The Morgan fingerprint density at radius 3 is 2.60 bits per heavy atom. The molecule has 0 saturated carbocycles. The van der Waals surface area contributed by atoms with Gasteiger partial charge in [-0.3, -0.25) is 4.90 Å². The number of anilines is 1. The zero-order valence-corrected chi connectivity index (χ0v) is 14.6. The molecule has 0 radical (unpaired) electrons. The molecule has 5 heteroatoms. The van der Waals surface area contributed by atoms with Crippen molar-refractivity contribution in [2.45, 2.75) is 12.8 Å². The number of rotatable bonds is 4. The first-order valence-electron chi connectivity index (χ1n) is 9.16. The van der Waals surface area contributed by atoms with Crippen LogP contribution in [0.5, 0.6) is 0 Å². The van der Waals surface area contributed by atoms with Crippen molar-refractivity contribution in [1.82, 2.24) is 15.2 Å². The lowest BCUT2D eigenvalue weighted by atomic mass is 10.0. The number of aryl methyl sites for hydroxylation is 1. The first-order valence-corrected chi connectivity index (χ1v) is 9.16. The van der Waals surface area contributed by atoms with Gasteiger partial charge < -0.3 is 10.2 Å². The van der Waals surface area contributed by atoms with Crippen LogP contribution in [0.25, 0.3) is 0 Å². The summed E-state index contributed by atoms with van der Waals surface area (Å²) >= 11 is 0. The van der Waals surface area contributed by atoms with E-state index in [-0.39, 0.29) is 0 Å². The standard InChI is InChI=1S/C20H25N5/c1-2-6-18-17(5-1)8-9-19(23-18)21-11-12-24-13-15-25(16-14-24)20-7-3-4-10-22-20/h1-7,10H,8-9,11-16H2,(H,21,23). The van der Waals surface area contributed by atoms with E-state index >= 15 is 0 Å². The molecule has 0 amide bonds. The first-order chi connectivity index (χ1) is 12.4. The van der Waals surface area contributed by atoms with Crippen LogP contribution in [0.15, 0.2) is 53.7 Å². The van der Waals surface area contributed by atoms with Gasteiger partial charge in [0.2, 0.25) is 0 Å². The minimum atomic E-state index is 0.963. The minimum Gasteiger partial charge on any atom is -0.372 e. The molecular weight excluding hydrogens is 310 g/mol. The fourth-order valence-electron chi connectivity index (χ4n) is 3.51. The number of aliphatic imine (C=N–C) groups is 1. The lowest BCUT2D eigenvalue weighted by Gasteiger charge is -2.35. The molecule has 1 aromatic heterocycles. The van der Waals surface area contributed by atoms with E-state index in [0.717, 1.165) is 69.5 Å². The number of para-hydroxylation sites is 1. The average Bonchev–Trinajstić information content (AvgIpc) is 2.69. The van der Waals surface area contributed by atoms with Gasteiger partial charge in [0.25, 0.3) is 0 Å². The number of hydrogen-bond donors (Lipinski definition) is 1. The number of piperazine rings is 1. The van der Waals surface area contributed by atoms with Crippen LogP contribution < -0.4 is 10.2 Å². The Labute approximate surface area is 149 Å². The molecule has 130 valence electrons. The van der Waals surface area contributed by atoms with Crippen molar-refractivity contribution in [2.24, 2.45) is 4.99 Å². The molecule has 2 aromatic rings. The molecule has 3 heterocycles. The summed E-state index contributed by atoms with van der Waals surface area (Å²) in [6, 6.07) is 14.6. The lowest BCUT2D eigenvalue weighted by molar-refractivity contribution is 0.261. The minimum absolute atomic E-state index is 0.963. The number of pyridine rings is 1. The average molecular weight is 335 g/mol. The SMILES string of the molecule is c1ccc(N2CCN(CCNC3=Nc4ccccc4CC3)CC2)nc1. The Morgan fingerprint density at radius 1 is 0.920 bits per heavy atom. The lowest BCUT2D eigenvalue weighted by Crippen LogP contribution is -2.48. The third-order valence-corrected chi connectivity index (χ3v) is 4.98. The maximum absolute atomic E-state index is 4.75. The highest BCUT2D eigenvalue weighted by atomic mass is 15.3. The Morgan fingerprint density at radius 2 is 1.76 bits per heavy atom. The molecule has 2 aliphatic heterocycles. The van der Waals surface area contributed by atoms with E-state index in [9.17, 15) is 0 Å². The van der Waals surface area contributed by atoms with Crippen LogP contribution in [-0.2, 0) is 6.42 Å². The van der Waals surface area contributed by atoms with E-state index < -0.39 is 0 Å². The predicted octanol–water partition coefficient (Wildman–Crippen LogP) is 2.47. The molecule has 4 rings (SSSR count). The number of nitrogens with zero attached hydrogens (tertiary/aromatic N) is 4.